The third-order valence-corrected chi connectivity index (χ3v) is 4.71. The maximum atomic E-state index is 9.92. The first-order chi connectivity index (χ1) is 10.0. The van der Waals surface area contributed by atoms with E-state index in [9.17, 15) is 5.11 Å². The molecule has 0 bridgehead atoms. The first kappa shape index (κ1) is 16.3. The van der Waals surface area contributed by atoms with Crippen LogP contribution in [0.3, 0.4) is 0 Å². The minimum Gasteiger partial charge on any atom is -0.507 e. The first-order valence-corrected chi connectivity index (χ1v) is 8.30. The lowest BCUT2D eigenvalue weighted by atomic mass is 9.90. The summed E-state index contributed by atoms with van der Waals surface area (Å²) in [5.41, 5.74) is 9.30. The van der Waals surface area contributed by atoms with E-state index in [0.717, 1.165) is 37.1 Å². The summed E-state index contributed by atoms with van der Waals surface area (Å²) in [6, 6.07) is 5.32. The molecule has 0 aliphatic heterocycles. The standard InChI is InChI=1S/C18H30N2O/c1-4-9-20(17-7-5-16(19)6-8-17)12-15-10-13(2)18(21)14(3)11-15/h10-11,16-17,21H,4-9,12,19H2,1-3H3. The van der Waals surface area contributed by atoms with E-state index in [1.54, 1.807) is 0 Å². The van der Waals surface area contributed by atoms with Gasteiger partial charge in [-0.2, -0.15) is 0 Å². The number of nitrogens with zero attached hydrogens (tertiary/aromatic N) is 1. The Morgan fingerprint density at radius 3 is 2.24 bits per heavy atom. The van der Waals surface area contributed by atoms with Crippen molar-refractivity contribution in [2.75, 3.05) is 6.54 Å². The average molecular weight is 290 g/mol. The summed E-state index contributed by atoms with van der Waals surface area (Å²) >= 11 is 0. The van der Waals surface area contributed by atoms with Gasteiger partial charge in [0.1, 0.15) is 5.75 Å². The van der Waals surface area contributed by atoms with Gasteiger partial charge >= 0.3 is 0 Å². The predicted molar refractivity (Wildman–Crippen MR) is 88.5 cm³/mol. The fourth-order valence-electron chi connectivity index (χ4n) is 3.52. The summed E-state index contributed by atoms with van der Waals surface area (Å²) in [5, 5.41) is 9.92. The van der Waals surface area contributed by atoms with Crippen molar-refractivity contribution in [2.45, 2.75) is 71.5 Å². The maximum Gasteiger partial charge on any atom is 0.121 e. The molecule has 0 amide bonds. The Kier molecular flexibility index (Phi) is 5.65. The van der Waals surface area contributed by atoms with Gasteiger partial charge in [0.05, 0.1) is 0 Å². The van der Waals surface area contributed by atoms with E-state index in [1.807, 2.05) is 13.8 Å². The molecule has 3 nitrogen and oxygen atoms in total. The molecule has 0 heterocycles. The second-order valence-electron chi connectivity index (χ2n) is 6.62. The van der Waals surface area contributed by atoms with Crippen LogP contribution in [-0.4, -0.2) is 28.6 Å². The zero-order valence-corrected chi connectivity index (χ0v) is 13.7. The molecule has 3 heteroatoms. The van der Waals surface area contributed by atoms with Crippen LogP contribution in [-0.2, 0) is 6.54 Å². The third-order valence-electron chi connectivity index (χ3n) is 4.71. The number of phenolic OH excluding ortho intramolecular Hbond substituents is 1. The monoisotopic (exact) mass is 290 g/mol. The summed E-state index contributed by atoms with van der Waals surface area (Å²) < 4.78 is 0. The molecule has 1 aliphatic carbocycles. The highest BCUT2D eigenvalue weighted by Gasteiger charge is 2.24. The molecule has 0 unspecified atom stereocenters. The van der Waals surface area contributed by atoms with Crippen LogP contribution < -0.4 is 5.73 Å². The molecular formula is C18H30N2O. The summed E-state index contributed by atoms with van der Waals surface area (Å²) in [6.45, 7) is 8.33. The minimum absolute atomic E-state index is 0.405. The summed E-state index contributed by atoms with van der Waals surface area (Å²) in [6.07, 6.45) is 5.92. The minimum atomic E-state index is 0.405. The van der Waals surface area contributed by atoms with Gasteiger partial charge in [-0.3, -0.25) is 4.90 Å². The van der Waals surface area contributed by atoms with Gasteiger partial charge in [0.2, 0.25) is 0 Å². The molecule has 0 radical (unpaired) electrons. The van der Waals surface area contributed by atoms with E-state index in [4.69, 9.17) is 5.73 Å². The van der Waals surface area contributed by atoms with E-state index in [2.05, 4.69) is 24.0 Å². The van der Waals surface area contributed by atoms with Crippen LogP contribution in [0.1, 0.15) is 55.7 Å². The van der Waals surface area contributed by atoms with Crippen LogP contribution in [0.25, 0.3) is 0 Å². The lowest BCUT2D eigenvalue weighted by Crippen LogP contribution is -2.40. The number of benzene rings is 1. The van der Waals surface area contributed by atoms with Crippen LogP contribution >= 0.6 is 0 Å². The Labute approximate surface area is 129 Å². The highest BCUT2D eigenvalue weighted by Crippen LogP contribution is 2.27. The number of aromatic hydroxyl groups is 1. The lowest BCUT2D eigenvalue weighted by molar-refractivity contribution is 0.142. The smallest absolute Gasteiger partial charge is 0.121 e. The molecule has 3 N–H and O–H groups in total. The normalized spacial score (nSPS) is 22.7. The Balaban J connectivity index is 2.09. The summed E-state index contributed by atoms with van der Waals surface area (Å²) in [5.74, 6) is 0.435. The van der Waals surface area contributed by atoms with Gasteiger partial charge in [0, 0.05) is 18.6 Å². The Morgan fingerprint density at radius 1 is 1.14 bits per heavy atom. The topological polar surface area (TPSA) is 49.5 Å². The van der Waals surface area contributed by atoms with Crippen molar-refractivity contribution in [3.05, 3.63) is 28.8 Å². The Morgan fingerprint density at radius 2 is 1.71 bits per heavy atom. The molecule has 2 rings (SSSR count). The van der Waals surface area contributed by atoms with Crippen LogP contribution in [0.2, 0.25) is 0 Å². The van der Waals surface area contributed by atoms with Crippen LogP contribution in [0.4, 0.5) is 0 Å². The molecule has 0 atom stereocenters. The van der Waals surface area contributed by atoms with Crippen molar-refractivity contribution < 1.29 is 5.11 Å². The van der Waals surface area contributed by atoms with Gasteiger partial charge in [0.15, 0.2) is 0 Å². The van der Waals surface area contributed by atoms with E-state index < -0.39 is 0 Å². The van der Waals surface area contributed by atoms with Crippen molar-refractivity contribution in [3.8, 4) is 5.75 Å². The summed E-state index contributed by atoms with van der Waals surface area (Å²) in [7, 11) is 0. The SMILES string of the molecule is CCCN(Cc1cc(C)c(O)c(C)c1)C1CCC(N)CC1. The molecule has 0 saturated heterocycles. The Hall–Kier alpha value is -1.06. The van der Waals surface area contributed by atoms with E-state index in [-0.39, 0.29) is 0 Å². The number of hydrogen-bond acceptors (Lipinski definition) is 3. The third kappa shape index (κ3) is 4.21. The van der Waals surface area contributed by atoms with Gasteiger partial charge in [-0.25, -0.2) is 0 Å². The van der Waals surface area contributed by atoms with E-state index in [1.165, 1.54) is 24.8 Å². The van der Waals surface area contributed by atoms with Gasteiger partial charge in [0.25, 0.3) is 0 Å². The fraction of sp³-hybridized carbons (Fsp3) is 0.667. The summed E-state index contributed by atoms with van der Waals surface area (Å²) in [4.78, 5) is 2.61. The van der Waals surface area contributed by atoms with Gasteiger partial charge in [-0.1, -0.05) is 19.1 Å². The second kappa shape index (κ2) is 7.28. The van der Waals surface area contributed by atoms with Gasteiger partial charge in [-0.05, 0) is 69.2 Å². The van der Waals surface area contributed by atoms with Crippen LogP contribution in [0, 0.1) is 13.8 Å². The molecule has 1 aliphatic rings. The highest BCUT2D eigenvalue weighted by molar-refractivity contribution is 5.42. The van der Waals surface area contributed by atoms with Crippen molar-refractivity contribution in [1.82, 2.24) is 4.90 Å². The lowest BCUT2D eigenvalue weighted by Gasteiger charge is -2.36. The molecule has 1 saturated carbocycles. The molecule has 0 spiro atoms. The zero-order chi connectivity index (χ0) is 15.4. The predicted octanol–water partition coefficient (Wildman–Crippen LogP) is 3.49. The quantitative estimate of drug-likeness (QED) is 0.872. The van der Waals surface area contributed by atoms with Crippen molar-refractivity contribution in [2.24, 2.45) is 5.73 Å². The largest absolute Gasteiger partial charge is 0.507 e. The molecule has 1 fully saturated rings. The van der Waals surface area contributed by atoms with E-state index in [0.29, 0.717) is 17.8 Å². The molecule has 1 aromatic rings. The molecule has 1 aromatic carbocycles. The zero-order valence-electron chi connectivity index (χ0n) is 13.7. The Bertz CT molecular complexity index is 441. The number of rotatable bonds is 5. The number of hydrogen-bond donors (Lipinski definition) is 2. The van der Waals surface area contributed by atoms with Gasteiger partial charge in [-0.15, -0.1) is 0 Å². The first-order valence-electron chi connectivity index (χ1n) is 8.30. The van der Waals surface area contributed by atoms with Crippen LogP contribution in [0.15, 0.2) is 12.1 Å². The number of phenols is 1. The number of nitrogens with two attached hydrogens (primary N) is 1. The van der Waals surface area contributed by atoms with Crippen molar-refractivity contribution in [1.29, 1.82) is 0 Å². The molecule has 0 aromatic heterocycles. The number of aryl methyl sites for hydroxylation is 2. The van der Waals surface area contributed by atoms with E-state index >= 15 is 0 Å². The molecule has 118 valence electrons. The second-order valence-corrected chi connectivity index (χ2v) is 6.62. The average Bonchev–Trinajstić information content (AvgIpc) is 2.45. The van der Waals surface area contributed by atoms with Crippen LogP contribution in [0.5, 0.6) is 5.75 Å². The molecule has 21 heavy (non-hydrogen) atoms. The maximum absolute atomic E-state index is 9.92. The molecular weight excluding hydrogens is 260 g/mol. The highest BCUT2D eigenvalue weighted by atomic mass is 16.3. The van der Waals surface area contributed by atoms with Crippen molar-refractivity contribution in [3.63, 3.8) is 0 Å². The fourth-order valence-corrected chi connectivity index (χ4v) is 3.52. The van der Waals surface area contributed by atoms with Gasteiger partial charge < -0.3 is 10.8 Å². The van der Waals surface area contributed by atoms with Crippen molar-refractivity contribution >= 4 is 0 Å².